The number of benzene rings is 1. The summed E-state index contributed by atoms with van der Waals surface area (Å²) in [4.78, 5) is 26.5. The highest BCUT2D eigenvalue weighted by molar-refractivity contribution is 5.93. The van der Waals surface area contributed by atoms with Gasteiger partial charge in [-0.15, -0.1) is 0 Å². The third kappa shape index (κ3) is 4.12. The van der Waals surface area contributed by atoms with Crippen LogP contribution in [0.15, 0.2) is 24.3 Å². The van der Waals surface area contributed by atoms with Gasteiger partial charge < -0.3 is 9.64 Å². The molecule has 1 aliphatic carbocycles. The van der Waals surface area contributed by atoms with Crippen molar-refractivity contribution in [2.75, 3.05) is 13.2 Å². The molecule has 2 bridgehead atoms. The largest absolute Gasteiger partial charge is 0.452 e. The Morgan fingerprint density at radius 2 is 1.85 bits per heavy atom. The summed E-state index contributed by atoms with van der Waals surface area (Å²) >= 11 is 0. The van der Waals surface area contributed by atoms with E-state index < -0.39 is 29.9 Å². The molecule has 148 valence electrons. The lowest BCUT2D eigenvalue weighted by Gasteiger charge is -2.39. The van der Waals surface area contributed by atoms with Crippen LogP contribution in [0.1, 0.15) is 56.0 Å². The van der Waals surface area contributed by atoms with Crippen molar-refractivity contribution in [1.29, 1.82) is 0 Å². The molecule has 2 atom stereocenters. The molecule has 0 unspecified atom stereocenters. The van der Waals surface area contributed by atoms with Crippen molar-refractivity contribution in [2.24, 2.45) is 10.8 Å². The topological polar surface area (TPSA) is 46.6 Å². The van der Waals surface area contributed by atoms with Crippen molar-refractivity contribution in [3.05, 3.63) is 35.4 Å². The van der Waals surface area contributed by atoms with Crippen LogP contribution in [0.3, 0.4) is 0 Å². The minimum absolute atomic E-state index is 0.0367. The maximum Gasteiger partial charge on any atom is 0.417 e. The number of carbonyl (C=O) groups is 2. The van der Waals surface area contributed by atoms with Gasteiger partial charge in [0.2, 0.25) is 0 Å². The molecule has 0 spiro atoms. The van der Waals surface area contributed by atoms with Crippen molar-refractivity contribution in [3.63, 3.8) is 0 Å². The summed E-state index contributed by atoms with van der Waals surface area (Å²) in [5.74, 6) is -1.48. The summed E-state index contributed by atoms with van der Waals surface area (Å²) in [7, 11) is 0. The molecule has 1 aromatic rings. The molecule has 2 aliphatic rings. The van der Waals surface area contributed by atoms with Gasteiger partial charge in [-0.05, 0) is 42.2 Å². The molecule has 1 saturated heterocycles. The first-order chi connectivity index (χ1) is 12.4. The van der Waals surface area contributed by atoms with E-state index in [1.807, 2.05) is 0 Å². The van der Waals surface area contributed by atoms with Crippen LogP contribution in [0, 0.1) is 10.8 Å². The normalized spacial score (nSPS) is 26.7. The average Bonchev–Trinajstić information content (AvgIpc) is 2.80. The van der Waals surface area contributed by atoms with E-state index in [2.05, 4.69) is 20.8 Å². The maximum atomic E-state index is 13.0. The lowest BCUT2D eigenvalue weighted by atomic mass is 9.65. The van der Waals surface area contributed by atoms with Gasteiger partial charge in [0.05, 0.1) is 11.1 Å². The molecule has 7 heteroatoms. The van der Waals surface area contributed by atoms with Crippen LogP contribution < -0.4 is 0 Å². The van der Waals surface area contributed by atoms with Gasteiger partial charge in [-0.25, -0.2) is 4.79 Å². The Labute approximate surface area is 156 Å². The van der Waals surface area contributed by atoms with Gasteiger partial charge in [-0.3, -0.25) is 4.79 Å². The van der Waals surface area contributed by atoms with Crippen LogP contribution in [0.4, 0.5) is 13.2 Å². The number of amides is 1. The Bertz CT molecular complexity index is 759. The lowest BCUT2D eigenvalue weighted by Crippen LogP contribution is -2.39. The Hall–Kier alpha value is -2.05. The van der Waals surface area contributed by atoms with E-state index in [4.69, 9.17) is 4.74 Å². The molecule has 1 saturated carbocycles. The van der Waals surface area contributed by atoms with E-state index in [1.54, 1.807) is 4.90 Å². The molecule has 0 N–H and O–H groups in total. The number of carbonyl (C=O) groups excluding carboxylic acids is 2. The fourth-order valence-corrected chi connectivity index (χ4v) is 4.95. The van der Waals surface area contributed by atoms with Gasteiger partial charge in [0.25, 0.3) is 5.91 Å². The maximum absolute atomic E-state index is 13.0. The van der Waals surface area contributed by atoms with Crippen LogP contribution in [0.25, 0.3) is 0 Å². The number of hydrogen-bond acceptors (Lipinski definition) is 3. The number of fused-ring (bicyclic) bond motifs is 2. The zero-order valence-electron chi connectivity index (χ0n) is 15.7. The van der Waals surface area contributed by atoms with E-state index in [0.717, 1.165) is 31.4 Å². The van der Waals surface area contributed by atoms with Gasteiger partial charge in [-0.2, -0.15) is 13.2 Å². The molecule has 2 fully saturated rings. The first-order valence-corrected chi connectivity index (χ1v) is 9.03. The average molecular weight is 383 g/mol. The third-order valence-electron chi connectivity index (χ3n) is 5.51. The number of hydrogen-bond donors (Lipinski definition) is 0. The Morgan fingerprint density at radius 1 is 1.19 bits per heavy atom. The van der Waals surface area contributed by atoms with Gasteiger partial charge in [0, 0.05) is 12.6 Å². The fourth-order valence-electron chi connectivity index (χ4n) is 4.95. The van der Waals surface area contributed by atoms with Gasteiger partial charge in [0.15, 0.2) is 6.61 Å². The zero-order valence-corrected chi connectivity index (χ0v) is 15.7. The summed E-state index contributed by atoms with van der Waals surface area (Å²) < 4.78 is 44.0. The third-order valence-corrected chi connectivity index (χ3v) is 5.51. The molecule has 1 aromatic carbocycles. The molecule has 3 rings (SSSR count). The van der Waals surface area contributed by atoms with Crippen LogP contribution in [0.5, 0.6) is 0 Å². The van der Waals surface area contributed by atoms with Crippen LogP contribution in [-0.4, -0.2) is 36.0 Å². The smallest absolute Gasteiger partial charge is 0.417 e. The number of rotatable bonds is 3. The van der Waals surface area contributed by atoms with Crippen LogP contribution in [-0.2, 0) is 15.7 Å². The molecule has 0 aromatic heterocycles. The molecule has 27 heavy (non-hydrogen) atoms. The second kappa shape index (κ2) is 6.53. The van der Waals surface area contributed by atoms with E-state index in [9.17, 15) is 22.8 Å². The number of esters is 1. The minimum Gasteiger partial charge on any atom is -0.452 e. The highest BCUT2D eigenvalue weighted by Gasteiger charge is 2.51. The summed E-state index contributed by atoms with van der Waals surface area (Å²) in [5, 5.41) is 0. The number of halogens is 3. The molecule has 0 radical (unpaired) electrons. The molecule has 1 heterocycles. The lowest BCUT2D eigenvalue weighted by molar-refractivity contribution is -0.138. The first kappa shape index (κ1) is 19.7. The quantitative estimate of drug-likeness (QED) is 0.732. The molecular formula is C20H24F3NO3. The van der Waals surface area contributed by atoms with Crippen molar-refractivity contribution >= 4 is 11.9 Å². The Morgan fingerprint density at radius 3 is 2.52 bits per heavy atom. The summed E-state index contributed by atoms with van der Waals surface area (Å²) in [6, 6.07) is 4.51. The van der Waals surface area contributed by atoms with Crippen molar-refractivity contribution < 1.29 is 27.5 Å². The standard InChI is InChI=1S/C20H24F3NO3/c1-18(2)8-13-9-19(3,11-18)12-24(13)16(25)10-27-17(26)14-6-4-5-7-15(14)20(21,22)23/h4-7,13H,8-12H2,1-3H3/t13-,19+/m1/s1. The second-order valence-electron chi connectivity index (χ2n) is 8.85. The highest BCUT2D eigenvalue weighted by atomic mass is 19.4. The van der Waals surface area contributed by atoms with E-state index in [-0.39, 0.29) is 22.8 Å². The SMILES string of the molecule is CC1(C)C[C@@H]2C[C@](C)(CN2C(=O)COC(=O)c2ccccc2C(F)(F)F)C1. The van der Waals surface area contributed by atoms with Crippen molar-refractivity contribution in [3.8, 4) is 0 Å². The minimum atomic E-state index is -4.66. The number of likely N-dealkylation sites (tertiary alicyclic amines) is 1. The fraction of sp³-hybridized carbons (Fsp3) is 0.600. The molecule has 1 aliphatic heterocycles. The number of ether oxygens (including phenoxy) is 1. The zero-order chi connectivity index (χ0) is 20.0. The predicted octanol–water partition coefficient (Wildman–Crippen LogP) is 4.29. The summed E-state index contributed by atoms with van der Waals surface area (Å²) in [6.07, 6.45) is -1.86. The first-order valence-electron chi connectivity index (χ1n) is 9.03. The second-order valence-corrected chi connectivity index (χ2v) is 8.85. The monoisotopic (exact) mass is 383 g/mol. The number of nitrogens with zero attached hydrogens (tertiary/aromatic N) is 1. The summed E-state index contributed by atoms with van der Waals surface area (Å²) in [6.45, 7) is 6.56. The highest BCUT2D eigenvalue weighted by Crippen LogP contribution is 2.52. The molecular weight excluding hydrogens is 359 g/mol. The van der Waals surface area contributed by atoms with E-state index >= 15 is 0 Å². The van der Waals surface area contributed by atoms with E-state index in [1.165, 1.54) is 12.1 Å². The van der Waals surface area contributed by atoms with Crippen molar-refractivity contribution in [1.82, 2.24) is 4.90 Å². The van der Waals surface area contributed by atoms with Gasteiger partial charge >= 0.3 is 12.1 Å². The van der Waals surface area contributed by atoms with E-state index in [0.29, 0.717) is 6.54 Å². The predicted molar refractivity (Wildman–Crippen MR) is 93.0 cm³/mol. The van der Waals surface area contributed by atoms with Crippen molar-refractivity contribution in [2.45, 2.75) is 52.3 Å². The molecule has 4 nitrogen and oxygen atoms in total. The van der Waals surface area contributed by atoms with Gasteiger partial charge in [-0.1, -0.05) is 32.9 Å². The Kier molecular flexibility index (Phi) is 4.77. The number of alkyl halides is 3. The van der Waals surface area contributed by atoms with Crippen LogP contribution in [0.2, 0.25) is 0 Å². The Balaban J connectivity index is 1.66. The summed E-state index contributed by atoms with van der Waals surface area (Å²) in [5.41, 5.74) is -1.47. The van der Waals surface area contributed by atoms with Gasteiger partial charge in [0.1, 0.15) is 0 Å². The molecule has 1 amide bonds. The van der Waals surface area contributed by atoms with Crippen LogP contribution >= 0.6 is 0 Å².